The summed E-state index contributed by atoms with van der Waals surface area (Å²) in [5.74, 6) is 1.43. The molecule has 2 saturated heterocycles. The molecule has 2 aliphatic rings. The van der Waals surface area contributed by atoms with Gasteiger partial charge >= 0.3 is 0 Å². The molecule has 1 N–H and O–H groups in total. The van der Waals surface area contributed by atoms with Gasteiger partial charge in [-0.2, -0.15) is 0 Å². The van der Waals surface area contributed by atoms with E-state index in [0.29, 0.717) is 41.4 Å². The van der Waals surface area contributed by atoms with Crippen molar-refractivity contribution in [2.45, 2.75) is 30.6 Å². The Morgan fingerprint density at radius 2 is 2.16 bits per heavy atom. The van der Waals surface area contributed by atoms with E-state index in [0.717, 1.165) is 38.5 Å². The minimum absolute atomic E-state index is 0.144. The van der Waals surface area contributed by atoms with E-state index in [1.165, 1.54) is 11.8 Å². The van der Waals surface area contributed by atoms with E-state index in [4.69, 9.17) is 25.8 Å². The molecular formula is C20H26ClN5O4S. The number of thioether (sulfide) groups is 1. The molecule has 2 aromatic rings. The summed E-state index contributed by atoms with van der Waals surface area (Å²) in [6.07, 6.45) is 2.23. The van der Waals surface area contributed by atoms with Crippen LogP contribution in [0, 0.1) is 0 Å². The highest BCUT2D eigenvalue weighted by atomic mass is 35.5. The summed E-state index contributed by atoms with van der Waals surface area (Å²) in [7, 11) is 1.55. The van der Waals surface area contributed by atoms with E-state index < -0.39 is 0 Å². The molecule has 0 aliphatic carbocycles. The zero-order chi connectivity index (χ0) is 21.6. The predicted molar refractivity (Wildman–Crippen MR) is 119 cm³/mol. The van der Waals surface area contributed by atoms with Crippen LogP contribution in [0.3, 0.4) is 0 Å². The largest absolute Gasteiger partial charge is 0.495 e. The lowest BCUT2D eigenvalue weighted by molar-refractivity contribution is -0.113. The normalized spacial score (nSPS) is 18.9. The minimum Gasteiger partial charge on any atom is -0.495 e. The Balaban J connectivity index is 1.42. The Bertz CT molecular complexity index is 900. The number of carbonyl (C=O) groups is 1. The second-order valence-corrected chi connectivity index (χ2v) is 8.66. The number of hydrogen-bond donors (Lipinski definition) is 1. The van der Waals surface area contributed by atoms with E-state index in [-0.39, 0.29) is 17.8 Å². The third-order valence-electron chi connectivity index (χ3n) is 5.17. The van der Waals surface area contributed by atoms with Crippen molar-refractivity contribution in [3.8, 4) is 5.75 Å². The number of halogens is 1. The van der Waals surface area contributed by atoms with Crippen molar-refractivity contribution in [1.82, 2.24) is 14.8 Å². The maximum atomic E-state index is 12.5. The Morgan fingerprint density at radius 3 is 2.87 bits per heavy atom. The van der Waals surface area contributed by atoms with Crippen molar-refractivity contribution in [3.63, 3.8) is 0 Å². The lowest BCUT2D eigenvalue weighted by Crippen LogP contribution is -2.38. The molecule has 1 unspecified atom stereocenters. The van der Waals surface area contributed by atoms with Crippen molar-refractivity contribution >= 4 is 40.9 Å². The highest BCUT2D eigenvalue weighted by molar-refractivity contribution is 7.99. The van der Waals surface area contributed by atoms with E-state index in [9.17, 15) is 4.79 Å². The molecule has 4 rings (SSSR count). The second-order valence-electron chi connectivity index (χ2n) is 7.31. The Kier molecular flexibility index (Phi) is 7.54. The van der Waals surface area contributed by atoms with Gasteiger partial charge in [-0.25, -0.2) is 0 Å². The zero-order valence-corrected chi connectivity index (χ0v) is 19.0. The lowest BCUT2D eigenvalue weighted by Gasteiger charge is -2.28. The SMILES string of the molecule is COc1ccc(NC(=O)CSc2nnc(N3CCOCC3)n2CC2CCCO2)cc1Cl. The molecule has 0 bridgehead atoms. The fraction of sp³-hybridized carbons (Fsp3) is 0.550. The second kappa shape index (κ2) is 10.5. The molecule has 0 saturated carbocycles. The third kappa shape index (κ3) is 5.62. The van der Waals surface area contributed by atoms with Crippen LogP contribution in [0.2, 0.25) is 5.02 Å². The van der Waals surface area contributed by atoms with Crippen molar-refractivity contribution < 1.29 is 19.0 Å². The van der Waals surface area contributed by atoms with Crippen LogP contribution in [0.4, 0.5) is 11.6 Å². The number of ether oxygens (including phenoxy) is 3. The Morgan fingerprint density at radius 1 is 1.32 bits per heavy atom. The molecule has 168 valence electrons. The molecule has 11 heteroatoms. The summed E-state index contributed by atoms with van der Waals surface area (Å²) >= 11 is 7.50. The molecule has 31 heavy (non-hydrogen) atoms. The van der Waals surface area contributed by atoms with Gasteiger partial charge in [0.15, 0.2) is 5.16 Å². The maximum Gasteiger partial charge on any atom is 0.234 e. The fourth-order valence-electron chi connectivity index (χ4n) is 3.61. The topological polar surface area (TPSA) is 90.7 Å². The Labute approximate surface area is 190 Å². The molecule has 2 aliphatic heterocycles. The third-order valence-corrected chi connectivity index (χ3v) is 6.43. The molecule has 9 nitrogen and oxygen atoms in total. The van der Waals surface area contributed by atoms with Gasteiger partial charge in [-0.3, -0.25) is 9.36 Å². The predicted octanol–water partition coefficient (Wildman–Crippen LogP) is 2.69. The van der Waals surface area contributed by atoms with E-state index in [2.05, 4.69) is 25.0 Å². The number of morpholine rings is 1. The van der Waals surface area contributed by atoms with Crippen molar-refractivity contribution in [2.24, 2.45) is 0 Å². The summed E-state index contributed by atoms with van der Waals surface area (Å²) in [5.41, 5.74) is 0.617. The van der Waals surface area contributed by atoms with E-state index in [1.807, 2.05) is 0 Å². The number of anilines is 2. The van der Waals surface area contributed by atoms with Gasteiger partial charge in [-0.15, -0.1) is 10.2 Å². The van der Waals surface area contributed by atoms with Crippen LogP contribution in [-0.4, -0.2) is 72.5 Å². The van der Waals surface area contributed by atoms with Crippen molar-refractivity contribution in [3.05, 3.63) is 23.2 Å². The lowest BCUT2D eigenvalue weighted by atomic mass is 10.2. The monoisotopic (exact) mass is 467 g/mol. The van der Waals surface area contributed by atoms with Crippen LogP contribution in [0.1, 0.15) is 12.8 Å². The van der Waals surface area contributed by atoms with Gasteiger partial charge in [-0.05, 0) is 31.0 Å². The van der Waals surface area contributed by atoms with Gasteiger partial charge in [0, 0.05) is 25.4 Å². The first-order chi connectivity index (χ1) is 15.1. The molecule has 1 amide bonds. The summed E-state index contributed by atoms with van der Waals surface area (Å²) < 4.78 is 18.5. The van der Waals surface area contributed by atoms with Crippen LogP contribution in [0.15, 0.2) is 23.4 Å². The average Bonchev–Trinajstić information content (AvgIpc) is 3.43. The zero-order valence-electron chi connectivity index (χ0n) is 17.4. The van der Waals surface area contributed by atoms with Crippen LogP contribution in [-0.2, 0) is 20.8 Å². The van der Waals surface area contributed by atoms with Gasteiger partial charge in [0.2, 0.25) is 11.9 Å². The quantitative estimate of drug-likeness (QED) is 0.592. The van der Waals surface area contributed by atoms with Crippen LogP contribution >= 0.6 is 23.4 Å². The Hall–Kier alpha value is -2.01. The molecule has 0 radical (unpaired) electrons. The van der Waals surface area contributed by atoms with Crippen LogP contribution in [0.25, 0.3) is 0 Å². The molecule has 1 atom stereocenters. The van der Waals surface area contributed by atoms with E-state index >= 15 is 0 Å². The summed E-state index contributed by atoms with van der Waals surface area (Å²) in [4.78, 5) is 14.7. The maximum absolute atomic E-state index is 12.5. The first-order valence-corrected chi connectivity index (χ1v) is 11.6. The molecule has 1 aromatic carbocycles. The number of aromatic nitrogens is 3. The molecule has 3 heterocycles. The first-order valence-electron chi connectivity index (χ1n) is 10.3. The van der Waals surface area contributed by atoms with E-state index in [1.54, 1.807) is 25.3 Å². The van der Waals surface area contributed by atoms with Crippen LogP contribution in [0.5, 0.6) is 5.75 Å². The number of amides is 1. The summed E-state index contributed by atoms with van der Waals surface area (Å²) in [6, 6.07) is 5.14. The van der Waals surface area contributed by atoms with Gasteiger partial charge in [-0.1, -0.05) is 23.4 Å². The summed E-state index contributed by atoms with van der Waals surface area (Å²) in [6.45, 7) is 4.34. The van der Waals surface area contributed by atoms with Crippen LogP contribution < -0.4 is 15.0 Å². The van der Waals surface area contributed by atoms with Gasteiger partial charge in [0.1, 0.15) is 5.75 Å². The van der Waals surface area contributed by atoms with Crippen molar-refractivity contribution in [2.75, 3.05) is 56.0 Å². The van der Waals surface area contributed by atoms with Gasteiger partial charge in [0.05, 0.1) is 43.7 Å². The van der Waals surface area contributed by atoms with Gasteiger partial charge < -0.3 is 24.4 Å². The number of hydrogen-bond acceptors (Lipinski definition) is 8. The molecule has 2 fully saturated rings. The smallest absolute Gasteiger partial charge is 0.234 e. The number of carbonyl (C=O) groups excluding carboxylic acids is 1. The molecule has 0 spiro atoms. The molecule has 1 aromatic heterocycles. The number of nitrogens with one attached hydrogen (secondary N) is 1. The highest BCUT2D eigenvalue weighted by Crippen LogP contribution is 2.28. The fourth-order valence-corrected chi connectivity index (χ4v) is 4.61. The highest BCUT2D eigenvalue weighted by Gasteiger charge is 2.25. The number of rotatable bonds is 8. The number of benzene rings is 1. The molecular weight excluding hydrogens is 442 g/mol. The standard InChI is InChI=1S/C20H26ClN5O4S/c1-28-17-5-4-14(11-16(17)21)22-18(27)13-31-20-24-23-19(25-6-9-29-10-7-25)26(20)12-15-3-2-8-30-15/h4-5,11,15H,2-3,6-10,12-13H2,1H3,(H,22,27). The minimum atomic E-state index is -0.147. The van der Waals surface area contributed by atoms with Gasteiger partial charge in [0.25, 0.3) is 0 Å². The number of methoxy groups -OCH3 is 1. The summed E-state index contributed by atoms with van der Waals surface area (Å²) in [5, 5.41) is 12.8. The van der Waals surface area contributed by atoms with Crippen molar-refractivity contribution in [1.29, 1.82) is 0 Å². The number of nitrogens with zero attached hydrogens (tertiary/aromatic N) is 4. The average molecular weight is 468 g/mol. The first kappa shape index (κ1) is 22.2.